The van der Waals surface area contributed by atoms with Gasteiger partial charge in [0.25, 0.3) is 5.91 Å². The Bertz CT molecular complexity index is 774. The number of hydrogen-bond acceptors (Lipinski definition) is 4. The van der Waals surface area contributed by atoms with Crippen LogP contribution in [0.25, 0.3) is 0 Å². The van der Waals surface area contributed by atoms with Crippen LogP contribution in [0.1, 0.15) is 9.67 Å². The second kappa shape index (κ2) is 5.49. The third-order valence-electron chi connectivity index (χ3n) is 2.34. The van der Waals surface area contributed by atoms with Crippen LogP contribution < -0.4 is 10.5 Å². The number of thiophene rings is 1. The van der Waals surface area contributed by atoms with Crippen molar-refractivity contribution in [2.24, 2.45) is 5.14 Å². The lowest BCUT2D eigenvalue weighted by Crippen LogP contribution is -2.14. The first-order valence-corrected chi connectivity index (χ1v) is 7.96. The molecule has 1 aromatic carbocycles. The smallest absolute Gasteiger partial charge is 0.267 e. The highest BCUT2D eigenvalue weighted by atomic mass is 35.5. The van der Waals surface area contributed by atoms with Crippen molar-refractivity contribution in [3.8, 4) is 0 Å². The molecule has 0 unspecified atom stereocenters. The molecule has 0 spiro atoms. The van der Waals surface area contributed by atoms with E-state index in [1.807, 2.05) is 0 Å². The predicted molar refractivity (Wildman–Crippen MR) is 75.1 cm³/mol. The molecule has 3 N–H and O–H groups in total. The SMILES string of the molecule is NS(=O)(=O)c1ccc(NC(=O)c2sccc2Cl)c(F)c1. The molecular weight excluding hydrogens is 327 g/mol. The quantitative estimate of drug-likeness (QED) is 0.903. The fourth-order valence-corrected chi connectivity index (χ4v) is 2.97. The zero-order chi connectivity index (χ0) is 14.9. The highest BCUT2D eigenvalue weighted by Crippen LogP contribution is 2.24. The zero-order valence-corrected chi connectivity index (χ0v) is 12.2. The Morgan fingerprint density at radius 3 is 2.55 bits per heavy atom. The van der Waals surface area contributed by atoms with Gasteiger partial charge in [0.05, 0.1) is 15.6 Å². The Kier molecular flexibility index (Phi) is 4.09. The number of nitrogens with two attached hydrogens (primary N) is 1. The van der Waals surface area contributed by atoms with Crippen LogP contribution in [0.4, 0.5) is 10.1 Å². The van der Waals surface area contributed by atoms with Crippen molar-refractivity contribution in [2.75, 3.05) is 5.32 Å². The first kappa shape index (κ1) is 14.9. The summed E-state index contributed by atoms with van der Waals surface area (Å²) in [5.41, 5.74) is -0.160. The Labute approximate surface area is 123 Å². The molecule has 0 bridgehead atoms. The van der Waals surface area contributed by atoms with Gasteiger partial charge in [-0.2, -0.15) is 0 Å². The minimum Gasteiger partial charge on any atom is -0.319 e. The molecule has 5 nitrogen and oxygen atoms in total. The van der Waals surface area contributed by atoms with Gasteiger partial charge >= 0.3 is 0 Å². The number of anilines is 1. The van der Waals surface area contributed by atoms with E-state index in [-0.39, 0.29) is 20.5 Å². The number of carbonyl (C=O) groups is 1. The normalized spacial score (nSPS) is 11.3. The summed E-state index contributed by atoms with van der Waals surface area (Å²) < 4.78 is 35.8. The molecule has 2 aromatic rings. The molecule has 0 atom stereocenters. The van der Waals surface area contributed by atoms with Crippen LogP contribution in [0.5, 0.6) is 0 Å². The number of hydrogen-bond donors (Lipinski definition) is 2. The van der Waals surface area contributed by atoms with Gasteiger partial charge in [-0.15, -0.1) is 11.3 Å². The Hall–Kier alpha value is -1.48. The van der Waals surface area contributed by atoms with Gasteiger partial charge in [0.1, 0.15) is 10.7 Å². The lowest BCUT2D eigenvalue weighted by atomic mass is 10.3. The van der Waals surface area contributed by atoms with Crippen LogP contribution in [-0.4, -0.2) is 14.3 Å². The van der Waals surface area contributed by atoms with Gasteiger partial charge in [0, 0.05) is 0 Å². The molecule has 1 aromatic heterocycles. The minimum absolute atomic E-state index is 0.160. The van der Waals surface area contributed by atoms with Crippen molar-refractivity contribution in [2.45, 2.75) is 4.90 Å². The van der Waals surface area contributed by atoms with Crippen molar-refractivity contribution < 1.29 is 17.6 Å². The van der Waals surface area contributed by atoms with Gasteiger partial charge < -0.3 is 5.32 Å². The number of halogens is 2. The molecule has 0 aliphatic carbocycles. The lowest BCUT2D eigenvalue weighted by Gasteiger charge is -2.07. The molecule has 106 valence electrons. The number of sulfonamides is 1. The standard InChI is InChI=1S/C11H8ClFN2O3S2/c12-7-3-4-19-10(7)11(16)15-9-2-1-6(5-8(9)13)20(14,17)18/h1-5H,(H,15,16)(H2,14,17,18). The van der Waals surface area contributed by atoms with Crippen molar-refractivity contribution in [1.29, 1.82) is 0 Å². The molecule has 0 saturated heterocycles. The van der Waals surface area contributed by atoms with Crippen LogP contribution in [0.3, 0.4) is 0 Å². The molecule has 20 heavy (non-hydrogen) atoms. The maximum absolute atomic E-state index is 13.7. The number of benzene rings is 1. The average Bonchev–Trinajstić information content (AvgIpc) is 2.76. The van der Waals surface area contributed by atoms with E-state index >= 15 is 0 Å². The zero-order valence-electron chi connectivity index (χ0n) is 9.76. The van der Waals surface area contributed by atoms with Crippen molar-refractivity contribution in [3.05, 3.63) is 45.4 Å². The summed E-state index contributed by atoms with van der Waals surface area (Å²) in [4.78, 5) is 11.7. The third-order valence-corrected chi connectivity index (χ3v) is 4.59. The van der Waals surface area contributed by atoms with Gasteiger partial charge in [-0.1, -0.05) is 11.6 Å². The summed E-state index contributed by atoms with van der Waals surface area (Å²) in [6.07, 6.45) is 0. The first-order valence-electron chi connectivity index (χ1n) is 5.16. The fraction of sp³-hybridized carbons (Fsp3) is 0. The van der Waals surface area contributed by atoms with E-state index in [2.05, 4.69) is 5.32 Å². The number of primary sulfonamides is 1. The van der Waals surface area contributed by atoms with Crippen LogP contribution in [0, 0.1) is 5.82 Å². The van der Waals surface area contributed by atoms with Crippen LogP contribution in [-0.2, 0) is 10.0 Å². The maximum Gasteiger partial charge on any atom is 0.267 e. The second-order valence-corrected chi connectivity index (χ2v) is 6.62. The van der Waals surface area contributed by atoms with Gasteiger partial charge in [-0.25, -0.2) is 17.9 Å². The Morgan fingerprint density at radius 2 is 2.05 bits per heavy atom. The van der Waals surface area contributed by atoms with Crippen LogP contribution >= 0.6 is 22.9 Å². The van der Waals surface area contributed by atoms with Gasteiger partial charge in [0.15, 0.2) is 0 Å². The summed E-state index contributed by atoms with van der Waals surface area (Å²) in [7, 11) is -3.99. The van der Waals surface area contributed by atoms with E-state index in [1.165, 1.54) is 0 Å². The maximum atomic E-state index is 13.7. The van der Waals surface area contributed by atoms with Crippen molar-refractivity contribution in [3.63, 3.8) is 0 Å². The van der Waals surface area contributed by atoms with E-state index in [0.29, 0.717) is 0 Å². The topological polar surface area (TPSA) is 89.3 Å². The molecule has 1 amide bonds. The van der Waals surface area contributed by atoms with Crippen molar-refractivity contribution in [1.82, 2.24) is 0 Å². The molecule has 0 aliphatic heterocycles. The van der Waals surface area contributed by atoms with Crippen LogP contribution in [0.2, 0.25) is 5.02 Å². The van der Waals surface area contributed by atoms with E-state index in [1.54, 1.807) is 11.4 Å². The highest BCUT2D eigenvalue weighted by Gasteiger charge is 2.16. The van der Waals surface area contributed by atoms with Gasteiger partial charge in [-0.3, -0.25) is 4.79 Å². The first-order chi connectivity index (χ1) is 9.29. The molecule has 0 fully saturated rings. The average molecular weight is 335 g/mol. The van der Waals surface area contributed by atoms with E-state index in [4.69, 9.17) is 16.7 Å². The number of nitrogens with one attached hydrogen (secondary N) is 1. The Morgan fingerprint density at radius 1 is 1.35 bits per heavy atom. The molecule has 0 radical (unpaired) electrons. The number of amides is 1. The summed E-state index contributed by atoms with van der Waals surface area (Å²) >= 11 is 6.89. The molecule has 1 heterocycles. The molecule has 2 rings (SSSR count). The fourth-order valence-electron chi connectivity index (χ4n) is 1.41. The largest absolute Gasteiger partial charge is 0.319 e. The summed E-state index contributed by atoms with van der Waals surface area (Å²) in [6, 6.07) is 4.50. The van der Waals surface area contributed by atoms with Crippen molar-refractivity contribution >= 4 is 44.6 Å². The summed E-state index contributed by atoms with van der Waals surface area (Å²) in [6.45, 7) is 0. The number of rotatable bonds is 3. The van der Waals surface area contributed by atoms with Gasteiger partial charge in [0.2, 0.25) is 10.0 Å². The van der Waals surface area contributed by atoms with E-state index in [0.717, 1.165) is 29.5 Å². The third kappa shape index (κ3) is 3.15. The molecular formula is C11H8ClFN2O3S2. The Balaban J connectivity index is 2.27. The summed E-state index contributed by atoms with van der Waals surface area (Å²) in [5, 5.41) is 9.07. The van der Waals surface area contributed by atoms with E-state index in [9.17, 15) is 17.6 Å². The monoisotopic (exact) mass is 334 g/mol. The van der Waals surface area contributed by atoms with E-state index < -0.39 is 21.7 Å². The molecule has 0 aliphatic rings. The highest BCUT2D eigenvalue weighted by molar-refractivity contribution is 7.89. The lowest BCUT2D eigenvalue weighted by molar-refractivity contribution is 0.103. The number of carbonyl (C=O) groups excluding carboxylic acids is 1. The summed E-state index contributed by atoms with van der Waals surface area (Å²) in [5.74, 6) is -1.48. The minimum atomic E-state index is -3.99. The predicted octanol–water partition coefficient (Wildman–Crippen LogP) is 2.44. The molecule has 9 heteroatoms. The van der Waals surface area contributed by atoms with Gasteiger partial charge in [-0.05, 0) is 29.6 Å². The molecule has 0 saturated carbocycles. The van der Waals surface area contributed by atoms with Crippen LogP contribution in [0.15, 0.2) is 34.5 Å². The second-order valence-electron chi connectivity index (χ2n) is 3.74.